The highest BCUT2D eigenvalue weighted by Crippen LogP contribution is 2.20. The Balaban J connectivity index is 2.64. The number of nitrogens with zero attached hydrogens (tertiary/aromatic N) is 2. The molecule has 2 aromatic rings. The van der Waals surface area contributed by atoms with Gasteiger partial charge in [0.25, 0.3) is 5.56 Å². The second-order valence-electron chi connectivity index (χ2n) is 3.92. The highest BCUT2D eigenvalue weighted by atomic mass is 127. The van der Waals surface area contributed by atoms with Gasteiger partial charge in [0.2, 0.25) is 0 Å². The van der Waals surface area contributed by atoms with Crippen molar-refractivity contribution in [3.8, 4) is 11.4 Å². The molecule has 0 aliphatic heterocycles. The number of hydrogen-bond acceptors (Lipinski definition) is 3. The minimum absolute atomic E-state index is 0.0729. The number of aryl methyl sites for hydroxylation is 2. The van der Waals surface area contributed by atoms with E-state index in [-0.39, 0.29) is 5.56 Å². The van der Waals surface area contributed by atoms with Crippen LogP contribution in [0.1, 0.15) is 25.1 Å². The van der Waals surface area contributed by atoms with Crippen LogP contribution in [0.15, 0.2) is 23.3 Å². The van der Waals surface area contributed by atoms with Gasteiger partial charge in [-0.3, -0.25) is 9.78 Å². The molecule has 18 heavy (non-hydrogen) atoms. The van der Waals surface area contributed by atoms with E-state index in [4.69, 9.17) is 0 Å². The minimum Gasteiger partial charge on any atom is -0.306 e. The molecule has 0 amide bonds. The van der Waals surface area contributed by atoms with E-state index in [1.165, 1.54) is 0 Å². The Bertz CT molecular complexity index is 622. The average molecular weight is 355 g/mol. The molecule has 0 radical (unpaired) electrons. The van der Waals surface area contributed by atoms with Crippen molar-refractivity contribution in [1.82, 2.24) is 15.0 Å². The smallest absolute Gasteiger partial charge is 0.264 e. The summed E-state index contributed by atoms with van der Waals surface area (Å²) in [6.07, 6.45) is 5.15. The molecule has 0 aliphatic rings. The molecule has 2 rings (SSSR count). The molecule has 94 valence electrons. The molecule has 0 bridgehead atoms. The SMILES string of the molecule is CCc1cnccc1-c1nc(CC)c(I)c(=O)[nH]1. The molecule has 0 spiro atoms. The van der Waals surface area contributed by atoms with Crippen molar-refractivity contribution >= 4 is 22.6 Å². The molecule has 1 N–H and O–H groups in total. The third kappa shape index (κ3) is 2.45. The predicted octanol–water partition coefficient (Wildman–Crippen LogP) is 2.56. The van der Waals surface area contributed by atoms with E-state index in [2.05, 4.69) is 21.9 Å². The lowest BCUT2D eigenvalue weighted by atomic mass is 10.1. The quantitative estimate of drug-likeness (QED) is 0.861. The van der Waals surface area contributed by atoms with E-state index in [9.17, 15) is 4.79 Å². The first-order chi connectivity index (χ1) is 8.67. The molecule has 0 saturated carbocycles. The van der Waals surface area contributed by atoms with Gasteiger partial charge < -0.3 is 4.98 Å². The average Bonchev–Trinajstić information content (AvgIpc) is 2.41. The molecule has 0 atom stereocenters. The number of halogens is 1. The topological polar surface area (TPSA) is 58.6 Å². The summed E-state index contributed by atoms with van der Waals surface area (Å²) in [7, 11) is 0. The van der Waals surface area contributed by atoms with Crippen LogP contribution in [0.25, 0.3) is 11.4 Å². The number of pyridine rings is 1. The van der Waals surface area contributed by atoms with Gasteiger partial charge >= 0.3 is 0 Å². The predicted molar refractivity (Wildman–Crippen MR) is 79.6 cm³/mol. The van der Waals surface area contributed by atoms with E-state index in [1.54, 1.807) is 6.20 Å². The van der Waals surface area contributed by atoms with Crippen LogP contribution < -0.4 is 5.56 Å². The maximum absolute atomic E-state index is 11.9. The number of hydrogen-bond donors (Lipinski definition) is 1. The van der Waals surface area contributed by atoms with Gasteiger partial charge in [-0.2, -0.15) is 0 Å². The zero-order chi connectivity index (χ0) is 13.1. The van der Waals surface area contributed by atoms with Gasteiger partial charge in [-0.25, -0.2) is 4.98 Å². The van der Waals surface area contributed by atoms with Crippen LogP contribution in [0.3, 0.4) is 0 Å². The maximum Gasteiger partial charge on any atom is 0.264 e. The van der Waals surface area contributed by atoms with Crippen molar-refractivity contribution in [2.45, 2.75) is 26.7 Å². The molecule has 5 heteroatoms. The fourth-order valence-corrected chi connectivity index (χ4v) is 2.44. The number of H-pyrrole nitrogens is 1. The number of aromatic amines is 1. The summed E-state index contributed by atoms with van der Waals surface area (Å²) >= 11 is 2.04. The fourth-order valence-electron chi connectivity index (χ4n) is 1.81. The zero-order valence-electron chi connectivity index (χ0n) is 10.3. The van der Waals surface area contributed by atoms with Crippen LogP contribution in [-0.2, 0) is 12.8 Å². The lowest BCUT2D eigenvalue weighted by Crippen LogP contribution is -2.16. The summed E-state index contributed by atoms with van der Waals surface area (Å²) in [4.78, 5) is 23.4. The monoisotopic (exact) mass is 355 g/mol. The van der Waals surface area contributed by atoms with Crippen molar-refractivity contribution in [1.29, 1.82) is 0 Å². The largest absolute Gasteiger partial charge is 0.306 e. The number of rotatable bonds is 3. The van der Waals surface area contributed by atoms with Crippen LogP contribution in [0.2, 0.25) is 0 Å². The minimum atomic E-state index is -0.0729. The molecule has 0 aliphatic carbocycles. The van der Waals surface area contributed by atoms with E-state index < -0.39 is 0 Å². The molecule has 0 saturated heterocycles. The molecule has 4 nitrogen and oxygen atoms in total. The second kappa shape index (κ2) is 5.60. The van der Waals surface area contributed by atoms with E-state index in [0.29, 0.717) is 9.39 Å². The summed E-state index contributed by atoms with van der Waals surface area (Å²) in [6, 6.07) is 1.89. The highest BCUT2D eigenvalue weighted by Gasteiger charge is 2.11. The first kappa shape index (κ1) is 13.2. The van der Waals surface area contributed by atoms with Crippen LogP contribution >= 0.6 is 22.6 Å². The third-order valence-electron chi connectivity index (χ3n) is 2.81. The molecule has 2 heterocycles. The first-order valence-corrected chi connectivity index (χ1v) is 6.97. The first-order valence-electron chi connectivity index (χ1n) is 5.89. The maximum atomic E-state index is 11.9. The Morgan fingerprint density at radius 3 is 2.78 bits per heavy atom. The fraction of sp³-hybridized carbons (Fsp3) is 0.308. The lowest BCUT2D eigenvalue weighted by Gasteiger charge is -2.08. The Kier molecular flexibility index (Phi) is 4.11. The van der Waals surface area contributed by atoms with Gasteiger partial charge in [0.1, 0.15) is 5.82 Å². The summed E-state index contributed by atoms with van der Waals surface area (Å²) < 4.78 is 0.672. The standard InChI is InChI=1S/C13H14IN3O/c1-3-8-7-15-6-5-9(8)12-16-10(4-2)11(14)13(18)17-12/h5-7H,3-4H2,1-2H3,(H,16,17,18). The van der Waals surface area contributed by atoms with Gasteiger partial charge in [0, 0.05) is 18.0 Å². The summed E-state index contributed by atoms with van der Waals surface area (Å²) in [5.74, 6) is 0.636. The number of aromatic nitrogens is 3. The van der Waals surface area contributed by atoms with E-state index in [0.717, 1.165) is 29.7 Å². The van der Waals surface area contributed by atoms with Gasteiger partial charge in [-0.1, -0.05) is 13.8 Å². The Hall–Kier alpha value is -1.24. The molecular formula is C13H14IN3O. The second-order valence-corrected chi connectivity index (χ2v) is 4.99. The Morgan fingerprint density at radius 2 is 2.11 bits per heavy atom. The van der Waals surface area contributed by atoms with Gasteiger partial charge in [0.15, 0.2) is 0 Å². The normalized spacial score (nSPS) is 10.6. The van der Waals surface area contributed by atoms with Crippen LogP contribution in [0, 0.1) is 3.57 Å². The Morgan fingerprint density at radius 1 is 1.33 bits per heavy atom. The molecule has 2 aromatic heterocycles. The van der Waals surface area contributed by atoms with Crippen LogP contribution in [-0.4, -0.2) is 15.0 Å². The summed E-state index contributed by atoms with van der Waals surface area (Å²) in [5.41, 5.74) is 2.81. The third-order valence-corrected chi connectivity index (χ3v) is 3.92. The Labute approximate surface area is 119 Å². The van der Waals surface area contributed by atoms with Crippen LogP contribution in [0.4, 0.5) is 0 Å². The lowest BCUT2D eigenvalue weighted by molar-refractivity contribution is 0.962. The van der Waals surface area contributed by atoms with Gasteiger partial charge in [0.05, 0.1) is 9.26 Å². The molecule has 0 fully saturated rings. The highest BCUT2D eigenvalue weighted by molar-refractivity contribution is 14.1. The van der Waals surface area contributed by atoms with Crippen molar-refractivity contribution in [2.24, 2.45) is 0 Å². The van der Waals surface area contributed by atoms with Crippen molar-refractivity contribution in [2.75, 3.05) is 0 Å². The summed E-state index contributed by atoms with van der Waals surface area (Å²) in [6.45, 7) is 4.06. The van der Waals surface area contributed by atoms with Crippen molar-refractivity contribution < 1.29 is 0 Å². The molecule has 0 aromatic carbocycles. The van der Waals surface area contributed by atoms with Gasteiger partial charge in [-0.15, -0.1) is 0 Å². The van der Waals surface area contributed by atoms with Crippen LogP contribution in [0.5, 0.6) is 0 Å². The molecule has 0 unspecified atom stereocenters. The summed E-state index contributed by atoms with van der Waals surface area (Å²) in [5, 5.41) is 0. The van der Waals surface area contributed by atoms with Crippen molar-refractivity contribution in [3.05, 3.63) is 43.6 Å². The van der Waals surface area contributed by atoms with E-state index in [1.807, 2.05) is 41.8 Å². The van der Waals surface area contributed by atoms with Gasteiger partial charge in [-0.05, 0) is 47.1 Å². The number of nitrogens with one attached hydrogen (secondary N) is 1. The van der Waals surface area contributed by atoms with E-state index >= 15 is 0 Å². The van der Waals surface area contributed by atoms with Crippen molar-refractivity contribution in [3.63, 3.8) is 0 Å². The molecular weight excluding hydrogens is 341 g/mol. The zero-order valence-corrected chi connectivity index (χ0v) is 12.5.